The normalized spacial score (nSPS) is 11.8. The van der Waals surface area contributed by atoms with Crippen LogP contribution in [0.25, 0.3) is 0 Å². The molecule has 0 radical (unpaired) electrons. The summed E-state index contributed by atoms with van der Waals surface area (Å²) in [7, 11) is -3.75. The maximum atomic E-state index is 12.0. The first-order valence-electron chi connectivity index (χ1n) is 8.28. The van der Waals surface area contributed by atoms with Gasteiger partial charge in [-0.1, -0.05) is 32.9 Å². The van der Waals surface area contributed by atoms with E-state index in [-0.39, 0.29) is 22.8 Å². The van der Waals surface area contributed by atoms with Gasteiger partial charge < -0.3 is 10.1 Å². The summed E-state index contributed by atoms with van der Waals surface area (Å²) in [5.74, 6) is 0.270. The van der Waals surface area contributed by atoms with Crippen LogP contribution in [0, 0.1) is 0 Å². The van der Waals surface area contributed by atoms with E-state index >= 15 is 0 Å². The van der Waals surface area contributed by atoms with Crippen molar-refractivity contribution in [3.05, 3.63) is 54.1 Å². The molecular weight excluding hydrogens is 352 g/mol. The first-order chi connectivity index (χ1) is 12.1. The Morgan fingerprint density at radius 2 is 1.65 bits per heavy atom. The van der Waals surface area contributed by atoms with Crippen LogP contribution >= 0.6 is 0 Å². The van der Waals surface area contributed by atoms with Crippen molar-refractivity contribution in [3.8, 4) is 5.75 Å². The Labute approximate surface area is 154 Å². The number of anilines is 1. The van der Waals surface area contributed by atoms with Gasteiger partial charge in [0.2, 0.25) is 10.0 Å². The summed E-state index contributed by atoms with van der Waals surface area (Å²) in [6.45, 7) is 6.35. The molecule has 26 heavy (non-hydrogen) atoms. The Morgan fingerprint density at radius 1 is 1.08 bits per heavy atom. The second-order valence-corrected chi connectivity index (χ2v) is 8.23. The summed E-state index contributed by atoms with van der Waals surface area (Å²) in [6.07, 6.45) is 1.03. The molecule has 2 aromatic rings. The average molecular weight is 376 g/mol. The van der Waals surface area contributed by atoms with Crippen molar-refractivity contribution >= 4 is 21.6 Å². The molecule has 0 spiro atoms. The van der Waals surface area contributed by atoms with Gasteiger partial charge >= 0.3 is 0 Å². The largest absolute Gasteiger partial charge is 0.484 e. The number of amides is 1. The highest BCUT2D eigenvalue weighted by Gasteiger charge is 2.17. The first-order valence-corrected chi connectivity index (χ1v) is 9.82. The van der Waals surface area contributed by atoms with Crippen LogP contribution in [0.2, 0.25) is 0 Å². The van der Waals surface area contributed by atoms with Gasteiger partial charge in [0.05, 0.1) is 4.90 Å². The van der Waals surface area contributed by atoms with Gasteiger partial charge in [-0.3, -0.25) is 4.79 Å². The SMILES string of the molecule is CCC(C)(C)c1ccc(OCC(=O)Nc2ccc(S(N)(=O)=O)cc2)cc1. The van der Waals surface area contributed by atoms with E-state index in [1.165, 1.54) is 29.8 Å². The molecule has 0 aliphatic heterocycles. The smallest absolute Gasteiger partial charge is 0.262 e. The van der Waals surface area contributed by atoms with Crippen LogP contribution in [-0.4, -0.2) is 20.9 Å². The second kappa shape index (κ2) is 7.88. The summed E-state index contributed by atoms with van der Waals surface area (Å²) < 4.78 is 27.9. The number of rotatable bonds is 7. The molecule has 0 aliphatic rings. The van der Waals surface area contributed by atoms with E-state index in [9.17, 15) is 13.2 Å². The zero-order valence-electron chi connectivity index (χ0n) is 15.2. The number of nitrogens with two attached hydrogens (primary N) is 1. The summed E-state index contributed by atoms with van der Waals surface area (Å²) in [5.41, 5.74) is 1.77. The van der Waals surface area contributed by atoms with Gasteiger partial charge in [0.15, 0.2) is 6.61 Å². The zero-order valence-corrected chi connectivity index (χ0v) is 16.0. The van der Waals surface area contributed by atoms with Gasteiger partial charge in [-0.15, -0.1) is 0 Å². The van der Waals surface area contributed by atoms with Crippen LogP contribution in [0.5, 0.6) is 5.75 Å². The van der Waals surface area contributed by atoms with Crippen molar-refractivity contribution in [3.63, 3.8) is 0 Å². The fraction of sp³-hybridized carbons (Fsp3) is 0.316. The topological polar surface area (TPSA) is 98.5 Å². The van der Waals surface area contributed by atoms with Crippen molar-refractivity contribution in [2.24, 2.45) is 5.14 Å². The van der Waals surface area contributed by atoms with Gasteiger partial charge in [-0.05, 0) is 53.8 Å². The molecule has 1 amide bonds. The van der Waals surface area contributed by atoms with E-state index in [4.69, 9.17) is 9.88 Å². The van der Waals surface area contributed by atoms with Crippen LogP contribution in [-0.2, 0) is 20.2 Å². The lowest BCUT2D eigenvalue weighted by Crippen LogP contribution is -2.20. The molecule has 0 bridgehead atoms. The number of carbonyl (C=O) groups is 1. The van der Waals surface area contributed by atoms with Crippen LogP contribution in [0.3, 0.4) is 0 Å². The average Bonchev–Trinajstić information content (AvgIpc) is 2.60. The molecule has 0 fully saturated rings. The van der Waals surface area contributed by atoms with E-state index in [0.29, 0.717) is 11.4 Å². The fourth-order valence-corrected chi connectivity index (χ4v) is 2.80. The Balaban J connectivity index is 1.91. The van der Waals surface area contributed by atoms with E-state index in [0.717, 1.165) is 6.42 Å². The number of benzene rings is 2. The van der Waals surface area contributed by atoms with E-state index in [1.54, 1.807) is 0 Å². The lowest BCUT2D eigenvalue weighted by atomic mass is 9.82. The predicted molar refractivity (Wildman–Crippen MR) is 102 cm³/mol. The molecule has 140 valence electrons. The molecule has 6 nitrogen and oxygen atoms in total. The molecular formula is C19H24N2O4S. The Bertz CT molecular complexity index is 857. The summed E-state index contributed by atoms with van der Waals surface area (Å²) in [4.78, 5) is 11.9. The molecule has 7 heteroatoms. The fourth-order valence-electron chi connectivity index (χ4n) is 2.28. The minimum atomic E-state index is -3.75. The third kappa shape index (κ3) is 5.31. The number of hydrogen-bond donors (Lipinski definition) is 2. The van der Waals surface area contributed by atoms with Crippen molar-refractivity contribution in [1.82, 2.24) is 0 Å². The second-order valence-electron chi connectivity index (χ2n) is 6.67. The number of ether oxygens (including phenoxy) is 1. The highest BCUT2D eigenvalue weighted by Crippen LogP contribution is 2.28. The number of hydrogen-bond acceptors (Lipinski definition) is 4. The molecule has 0 aromatic heterocycles. The Morgan fingerprint density at radius 3 is 2.15 bits per heavy atom. The molecule has 2 aromatic carbocycles. The maximum Gasteiger partial charge on any atom is 0.262 e. The number of primary sulfonamides is 1. The lowest BCUT2D eigenvalue weighted by molar-refractivity contribution is -0.118. The first kappa shape index (κ1) is 19.9. The van der Waals surface area contributed by atoms with E-state index in [2.05, 4.69) is 26.1 Å². The molecule has 0 saturated heterocycles. The minimum Gasteiger partial charge on any atom is -0.484 e. The predicted octanol–water partition coefficient (Wildman–Crippen LogP) is 3.04. The van der Waals surface area contributed by atoms with Crippen molar-refractivity contribution in [1.29, 1.82) is 0 Å². The molecule has 0 aliphatic carbocycles. The summed E-state index contributed by atoms with van der Waals surface area (Å²) in [5, 5.41) is 7.67. The number of carbonyl (C=O) groups excluding carboxylic acids is 1. The van der Waals surface area contributed by atoms with E-state index < -0.39 is 10.0 Å². The third-order valence-electron chi connectivity index (χ3n) is 4.36. The molecule has 0 saturated carbocycles. The molecule has 3 N–H and O–H groups in total. The minimum absolute atomic E-state index is 0.0122. The maximum absolute atomic E-state index is 12.0. The zero-order chi connectivity index (χ0) is 19.4. The Kier molecular flexibility index (Phi) is 6.05. The van der Waals surface area contributed by atoms with Crippen LogP contribution < -0.4 is 15.2 Å². The highest BCUT2D eigenvalue weighted by atomic mass is 32.2. The van der Waals surface area contributed by atoms with Crippen LogP contribution in [0.15, 0.2) is 53.4 Å². The van der Waals surface area contributed by atoms with Crippen molar-refractivity contribution in [2.45, 2.75) is 37.5 Å². The van der Waals surface area contributed by atoms with Gasteiger partial charge in [-0.2, -0.15) is 0 Å². The van der Waals surface area contributed by atoms with Gasteiger partial charge in [0.1, 0.15) is 5.75 Å². The summed E-state index contributed by atoms with van der Waals surface area (Å²) in [6, 6.07) is 13.3. The summed E-state index contributed by atoms with van der Waals surface area (Å²) >= 11 is 0. The molecule has 0 heterocycles. The van der Waals surface area contributed by atoms with Gasteiger partial charge in [0.25, 0.3) is 5.91 Å². The highest BCUT2D eigenvalue weighted by molar-refractivity contribution is 7.89. The van der Waals surface area contributed by atoms with Crippen LogP contribution in [0.4, 0.5) is 5.69 Å². The molecule has 2 rings (SSSR count). The monoisotopic (exact) mass is 376 g/mol. The standard InChI is InChI=1S/C19H24N2O4S/c1-4-19(2,3)14-5-9-16(10-6-14)25-13-18(22)21-15-7-11-17(12-8-15)26(20,23)24/h5-12H,4,13H2,1-3H3,(H,21,22)(H2,20,23,24). The van der Waals surface area contributed by atoms with Crippen LogP contribution in [0.1, 0.15) is 32.8 Å². The molecule has 0 unspecified atom stereocenters. The van der Waals surface area contributed by atoms with Gasteiger partial charge in [0, 0.05) is 5.69 Å². The third-order valence-corrected chi connectivity index (χ3v) is 5.29. The number of nitrogens with one attached hydrogen (secondary N) is 1. The number of sulfonamides is 1. The van der Waals surface area contributed by atoms with Crippen molar-refractivity contribution < 1.29 is 17.9 Å². The Hall–Kier alpha value is -2.38. The van der Waals surface area contributed by atoms with Crippen molar-refractivity contribution in [2.75, 3.05) is 11.9 Å². The van der Waals surface area contributed by atoms with E-state index in [1.807, 2.05) is 24.3 Å². The lowest BCUT2D eigenvalue weighted by Gasteiger charge is -2.23. The molecule has 0 atom stereocenters. The quantitative estimate of drug-likeness (QED) is 0.776. The van der Waals surface area contributed by atoms with Gasteiger partial charge in [-0.25, -0.2) is 13.6 Å².